The summed E-state index contributed by atoms with van der Waals surface area (Å²) in [6, 6.07) is 13.7. The Hall–Kier alpha value is -3.46. The van der Waals surface area contributed by atoms with E-state index < -0.39 is 10.0 Å². The van der Waals surface area contributed by atoms with Crippen LogP contribution in [0.2, 0.25) is 0 Å². The Morgan fingerprint density at radius 2 is 1.71 bits per heavy atom. The highest BCUT2D eigenvalue weighted by Crippen LogP contribution is 2.41. The van der Waals surface area contributed by atoms with Gasteiger partial charge >= 0.3 is 0 Å². The van der Waals surface area contributed by atoms with Gasteiger partial charge in [0, 0.05) is 25.6 Å². The number of rotatable bonds is 4. The van der Waals surface area contributed by atoms with Crippen LogP contribution in [0.3, 0.4) is 0 Å². The Kier molecular flexibility index (Phi) is 5.51. The molecule has 1 atom stereocenters. The molecule has 5 rings (SSSR count). The predicted molar refractivity (Wildman–Crippen MR) is 129 cm³/mol. The van der Waals surface area contributed by atoms with Gasteiger partial charge < -0.3 is 9.80 Å². The minimum absolute atomic E-state index is 0.0411. The van der Waals surface area contributed by atoms with Gasteiger partial charge in [-0.1, -0.05) is 24.6 Å². The van der Waals surface area contributed by atoms with Crippen LogP contribution in [0.1, 0.15) is 33.1 Å². The zero-order valence-corrected chi connectivity index (χ0v) is 19.9. The van der Waals surface area contributed by atoms with Crippen molar-refractivity contribution >= 4 is 33.2 Å². The largest absolute Gasteiger partial charge is 0.308 e. The standard InChI is InChI=1S/C25H26N4O4S/c1-17-16-27(25(31)20-5-3-6-20)24-15-21(9-12-23(24)29(17)18(2)30)19-7-10-22(11-8-19)34(32,33)28-14-4-13-26-28/h4,7-15,17,20H,3,5-6,16H2,1-2H3/t17-/m0/s1. The molecule has 9 heteroatoms. The molecule has 0 spiro atoms. The molecule has 0 bridgehead atoms. The van der Waals surface area contributed by atoms with Crippen LogP contribution in [0, 0.1) is 5.92 Å². The number of amides is 2. The van der Waals surface area contributed by atoms with E-state index in [1.165, 1.54) is 19.3 Å². The number of anilines is 2. The minimum atomic E-state index is -3.75. The van der Waals surface area contributed by atoms with Gasteiger partial charge in [0.15, 0.2) is 0 Å². The van der Waals surface area contributed by atoms with Gasteiger partial charge in [0.1, 0.15) is 0 Å². The third kappa shape index (κ3) is 3.69. The third-order valence-electron chi connectivity index (χ3n) is 6.68. The smallest absolute Gasteiger partial charge is 0.282 e. The van der Waals surface area contributed by atoms with E-state index in [4.69, 9.17) is 0 Å². The van der Waals surface area contributed by atoms with Gasteiger partial charge in [-0.25, -0.2) is 0 Å². The molecule has 1 saturated carbocycles. The molecule has 176 valence electrons. The molecule has 34 heavy (non-hydrogen) atoms. The van der Waals surface area contributed by atoms with Crippen molar-refractivity contribution in [3.63, 3.8) is 0 Å². The zero-order chi connectivity index (χ0) is 24.0. The fraction of sp³-hybridized carbons (Fsp3) is 0.320. The highest BCUT2D eigenvalue weighted by molar-refractivity contribution is 7.89. The minimum Gasteiger partial charge on any atom is -0.308 e. The summed E-state index contributed by atoms with van der Waals surface area (Å²) >= 11 is 0. The molecule has 1 aromatic heterocycles. The van der Waals surface area contributed by atoms with Gasteiger partial charge in [0.25, 0.3) is 10.0 Å². The number of nitrogens with zero attached hydrogens (tertiary/aromatic N) is 4. The Bertz CT molecular complexity index is 1350. The van der Waals surface area contributed by atoms with E-state index in [9.17, 15) is 18.0 Å². The summed E-state index contributed by atoms with van der Waals surface area (Å²) in [5.74, 6) is 0.0881. The third-order valence-corrected chi connectivity index (χ3v) is 8.26. The quantitative estimate of drug-likeness (QED) is 0.570. The average Bonchev–Trinajstić information content (AvgIpc) is 3.33. The SMILES string of the molecule is CC(=O)N1c2ccc(-c3ccc(S(=O)(=O)n4cccn4)cc3)cc2N(C(=O)C2CCC2)C[C@@H]1C. The molecule has 1 aliphatic carbocycles. The maximum Gasteiger partial charge on any atom is 0.282 e. The van der Waals surface area contributed by atoms with Crippen molar-refractivity contribution in [3.05, 3.63) is 60.9 Å². The molecule has 0 radical (unpaired) electrons. The fourth-order valence-electron chi connectivity index (χ4n) is 4.69. The van der Waals surface area contributed by atoms with Crippen molar-refractivity contribution in [2.24, 2.45) is 5.92 Å². The van der Waals surface area contributed by atoms with Gasteiger partial charge in [-0.05, 0) is 61.2 Å². The zero-order valence-electron chi connectivity index (χ0n) is 19.1. The molecule has 1 fully saturated rings. The summed E-state index contributed by atoms with van der Waals surface area (Å²) < 4.78 is 26.3. The van der Waals surface area contributed by atoms with Crippen molar-refractivity contribution in [2.75, 3.05) is 16.3 Å². The number of carbonyl (C=O) groups excluding carboxylic acids is 2. The summed E-state index contributed by atoms with van der Waals surface area (Å²) in [7, 11) is -3.75. The first-order chi connectivity index (χ1) is 16.3. The Morgan fingerprint density at radius 3 is 2.29 bits per heavy atom. The number of hydrogen-bond acceptors (Lipinski definition) is 5. The maximum absolute atomic E-state index is 13.2. The number of benzene rings is 2. The molecule has 1 aliphatic heterocycles. The second-order valence-corrected chi connectivity index (χ2v) is 10.7. The molecule has 2 aliphatic rings. The monoisotopic (exact) mass is 478 g/mol. The lowest BCUT2D eigenvalue weighted by Gasteiger charge is -2.43. The lowest BCUT2D eigenvalue weighted by atomic mass is 9.84. The van der Waals surface area contributed by atoms with Gasteiger partial charge in [0.2, 0.25) is 11.8 Å². The molecule has 3 aromatic rings. The normalized spacial score (nSPS) is 18.4. The topological polar surface area (TPSA) is 92.6 Å². The summed E-state index contributed by atoms with van der Waals surface area (Å²) in [6.45, 7) is 3.95. The predicted octanol–water partition coefficient (Wildman–Crippen LogP) is 3.68. The van der Waals surface area contributed by atoms with Crippen LogP contribution >= 0.6 is 0 Å². The first-order valence-corrected chi connectivity index (χ1v) is 12.8. The van der Waals surface area contributed by atoms with E-state index in [0.29, 0.717) is 6.54 Å². The number of hydrogen-bond donors (Lipinski definition) is 0. The second kappa shape index (κ2) is 8.39. The molecule has 8 nitrogen and oxygen atoms in total. The van der Waals surface area contributed by atoms with Gasteiger partial charge in [-0.2, -0.15) is 17.6 Å². The van der Waals surface area contributed by atoms with E-state index in [1.54, 1.807) is 35.2 Å². The Balaban J connectivity index is 1.53. The number of fused-ring (bicyclic) bond motifs is 1. The van der Waals surface area contributed by atoms with Crippen LogP contribution in [-0.2, 0) is 19.6 Å². The van der Waals surface area contributed by atoms with Crippen LogP contribution in [0.25, 0.3) is 11.1 Å². The first kappa shape index (κ1) is 22.3. The van der Waals surface area contributed by atoms with Crippen LogP contribution in [0.5, 0.6) is 0 Å². The lowest BCUT2D eigenvalue weighted by Crippen LogP contribution is -2.53. The lowest BCUT2D eigenvalue weighted by molar-refractivity contribution is -0.125. The van der Waals surface area contributed by atoms with E-state index in [2.05, 4.69) is 5.10 Å². The molecular formula is C25H26N4O4S. The van der Waals surface area contributed by atoms with Gasteiger partial charge in [-0.3, -0.25) is 9.59 Å². The highest BCUT2D eigenvalue weighted by atomic mass is 32.2. The molecular weight excluding hydrogens is 452 g/mol. The van der Waals surface area contributed by atoms with Crippen LogP contribution in [0.15, 0.2) is 65.8 Å². The summed E-state index contributed by atoms with van der Waals surface area (Å²) in [5.41, 5.74) is 3.09. The van der Waals surface area contributed by atoms with Crippen molar-refractivity contribution in [2.45, 2.75) is 44.0 Å². The Labute approximate surface area is 198 Å². The average molecular weight is 479 g/mol. The summed E-state index contributed by atoms with van der Waals surface area (Å²) in [5, 5.41) is 3.83. The van der Waals surface area contributed by atoms with Crippen molar-refractivity contribution in [1.29, 1.82) is 0 Å². The van der Waals surface area contributed by atoms with Gasteiger partial charge in [-0.15, -0.1) is 0 Å². The maximum atomic E-state index is 13.2. The molecule has 0 N–H and O–H groups in total. The molecule has 2 aromatic carbocycles. The molecule has 0 saturated heterocycles. The molecule has 0 unspecified atom stereocenters. The van der Waals surface area contributed by atoms with Crippen LogP contribution < -0.4 is 9.80 Å². The summed E-state index contributed by atoms with van der Waals surface area (Å²) in [4.78, 5) is 29.3. The van der Waals surface area contributed by atoms with Crippen molar-refractivity contribution < 1.29 is 18.0 Å². The van der Waals surface area contributed by atoms with Crippen LogP contribution in [0.4, 0.5) is 11.4 Å². The summed E-state index contributed by atoms with van der Waals surface area (Å²) in [6.07, 6.45) is 5.69. The molecule has 2 amide bonds. The first-order valence-electron chi connectivity index (χ1n) is 11.4. The second-order valence-electron chi connectivity index (χ2n) is 8.93. The van der Waals surface area contributed by atoms with E-state index >= 15 is 0 Å². The number of aromatic nitrogens is 2. The van der Waals surface area contributed by atoms with Crippen LogP contribution in [-0.4, -0.2) is 42.0 Å². The van der Waals surface area contributed by atoms with E-state index in [0.717, 1.165) is 45.9 Å². The molecule has 2 heterocycles. The fourth-order valence-corrected chi connectivity index (χ4v) is 5.80. The van der Waals surface area contributed by atoms with Crippen molar-refractivity contribution in [1.82, 2.24) is 9.19 Å². The van der Waals surface area contributed by atoms with Crippen molar-refractivity contribution in [3.8, 4) is 11.1 Å². The Morgan fingerprint density at radius 1 is 1.00 bits per heavy atom. The number of carbonyl (C=O) groups is 2. The van der Waals surface area contributed by atoms with Gasteiger partial charge in [0.05, 0.1) is 28.5 Å². The van der Waals surface area contributed by atoms with E-state index in [-0.39, 0.29) is 28.7 Å². The highest BCUT2D eigenvalue weighted by Gasteiger charge is 2.37. The van der Waals surface area contributed by atoms with E-state index in [1.807, 2.05) is 30.0 Å².